The van der Waals surface area contributed by atoms with Crippen molar-refractivity contribution in [3.8, 4) is 0 Å². The van der Waals surface area contributed by atoms with E-state index in [1.54, 1.807) is 44.9 Å². The molecule has 4 aliphatic rings. The van der Waals surface area contributed by atoms with Gasteiger partial charge in [-0.05, 0) is 96.7 Å². The Hall–Kier alpha value is 0.883. The van der Waals surface area contributed by atoms with Gasteiger partial charge in [-0.25, -0.2) is 0 Å². The van der Waals surface area contributed by atoms with E-state index >= 15 is 0 Å². The predicted octanol–water partition coefficient (Wildman–Crippen LogP) is 10.9. The first-order valence-corrected chi connectivity index (χ1v) is 12.6. The molecule has 0 amide bonds. The molecule has 33 heavy (non-hydrogen) atoms. The molecule has 0 aromatic heterocycles. The monoisotopic (exact) mass is 540 g/mol. The molecule has 0 nitrogen and oxygen atoms in total. The van der Waals surface area contributed by atoms with Crippen LogP contribution >= 0.6 is 0 Å². The van der Waals surface area contributed by atoms with E-state index in [2.05, 4.69) is 55.4 Å². The Morgan fingerprint density at radius 2 is 0.970 bits per heavy atom. The molecular formula is C32H66Zr. The molecule has 0 heterocycles. The van der Waals surface area contributed by atoms with E-state index in [9.17, 15) is 0 Å². The second-order valence-electron chi connectivity index (χ2n) is 12.7. The second-order valence-corrected chi connectivity index (χ2v) is 12.7. The first-order valence-electron chi connectivity index (χ1n) is 12.6. The molecule has 5 atom stereocenters. The first-order chi connectivity index (χ1) is 12.6. The fraction of sp³-hybridized carbons (Fsp3) is 0.875. The van der Waals surface area contributed by atoms with Gasteiger partial charge >= 0.3 is 26.2 Å². The van der Waals surface area contributed by atoms with E-state index < -0.39 is 0 Å². The molecule has 1 heteroatoms. The van der Waals surface area contributed by atoms with Crippen molar-refractivity contribution in [2.45, 2.75) is 114 Å². The smallest absolute Gasteiger partial charge is 0.358 e. The van der Waals surface area contributed by atoms with Gasteiger partial charge in [0.1, 0.15) is 0 Å². The topological polar surface area (TPSA) is 0 Å². The molecule has 0 spiro atoms. The van der Waals surface area contributed by atoms with Gasteiger partial charge in [0.2, 0.25) is 0 Å². The summed E-state index contributed by atoms with van der Waals surface area (Å²) in [6.07, 6.45) is 12.5. The standard InChI is InChI=1S/C17H30.C10H20.CH4.4CH3.Zr/c1-17(2,3)11-15-8-7-14-9-12-5-4-6-13(12)10-16(14)15;1-6-7(2)9(4)10(5)8(6)3;;;;;;/h12-16H,4-11H2,1-3H3;6-10H,1-5H3;1H4;4*1H3;/q;;;4*-1;+4. The average Bonchev–Trinajstić information content (AvgIpc) is 3.25. The van der Waals surface area contributed by atoms with E-state index in [0.29, 0.717) is 5.41 Å². The molecule has 0 aromatic carbocycles. The molecule has 0 saturated heterocycles. The fourth-order valence-electron chi connectivity index (χ4n) is 7.83. The summed E-state index contributed by atoms with van der Waals surface area (Å²) < 4.78 is 0. The van der Waals surface area contributed by atoms with Gasteiger partial charge in [0.25, 0.3) is 0 Å². The third-order valence-corrected chi connectivity index (χ3v) is 10.1. The molecule has 0 N–H and O–H groups in total. The van der Waals surface area contributed by atoms with Crippen LogP contribution in [0.2, 0.25) is 0 Å². The minimum absolute atomic E-state index is 0. The minimum atomic E-state index is 0. The third kappa shape index (κ3) is 9.69. The molecule has 0 aliphatic heterocycles. The van der Waals surface area contributed by atoms with Gasteiger partial charge in [-0.3, -0.25) is 0 Å². The van der Waals surface area contributed by atoms with Crippen LogP contribution in [0, 0.1) is 94.3 Å². The SMILES string of the molecule is C.CC(C)(C)CC1CCC2CC3CCCC3CC21.CC1C(C)C(C)C(C)C1C.[CH3-].[CH3-].[CH3-].[CH3-].[Zr+4]. The van der Waals surface area contributed by atoms with Crippen molar-refractivity contribution < 1.29 is 26.2 Å². The Kier molecular flexibility index (Phi) is 20.6. The van der Waals surface area contributed by atoms with E-state index in [0.717, 1.165) is 59.2 Å². The van der Waals surface area contributed by atoms with Crippen LogP contribution in [-0.4, -0.2) is 0 Å². The van der Waals surface area contributed by atoms with Crippen LogP contribution in [0.1, 0.15) is 114 Å². The Balaban J connectivity index is -0.000000235. The predicted molar refractivity (Wildman–Crippen MR) is 152 cm³/mol. The second kappa shape index (κ2) is 16.6. The number of hydrogen-bond donors (Lipinski definition) is 0. The molecule has 198 valence electrons. The minimum Gasteiger partial charge on any atom is -0.358 e. The molecule has 4 saturated carbocycles. The van der Waals surface area contributed by atoms with E-state index in [4.69, 9.17) is 0 Å². The summed E-state index contributed by atoms with van der Waals surface area (Å²) in [7, 11) is 0. The Morgan fingerprint density at radius 1 is 0.576 bits per heavy atom. The van der Waals surface area contributed by atoms with Crippen molar-refractivity contribution in [1.82, 2.24) is 0 Å². The van der Waals surface area contributed by atoms with Gasteiger partial charge in [-0.2, -0.15) is 0 Å². The van der Waals surface area contributed by atoms with Crippen molar-refractivity contribution in [2.75, 3.05) is 0 Å². The molecule has 0 aromatic rings. The molecule has 4 aliphatic carbocycles. The van der Waals surface area contributed by atoms with Crippen LogP contribution in [0.25, 0.3) is 0 Å². The molecule has 4 fully saturated rings. The normalized spacial score (nSPS) is 40.4. The summed E-state index contributed by atoms with van der Waals surface area (Å²) >= 11 is 0. The summed E-state index contributed by atoms with van der Waals surface area (Å²) in [5.41, 5.74) is 0.548. The van der Waals surface area contributed by atoms with Crippen molar-refractivity contribution >= 4 is 0 Å². The largest absolute Gasteiger partial charge is 4.00 e. The van der Waals surface area contributed by atoms with Crippen LogP contribution in [0.15, 0.2) is 0 Å². The van der Waals surface area contributed by atoms with Crippen molar-refractivity contribution in [3.05, 3.63) is 29.7 Å². The van der Waals surface area contributed by atoms with Gasteiger partial charge in [-0.1, -0.05) is 82.1 Å². The summed E-state index contributed by atoms with van der Waals surface area (Å²) in [5.74, 6) is 10.3. The van der Waals surface area contributed by atoms with Gasteiger partial charge in [0.05, 0.1) is 0 Å². The maximum Gasteiger partial charge on any atom is 4.00 e. The Bertz CT molecular complexity index is 433. The van der Waals surface area contributed by atoms with Crippen molar-refractivity contribution in [1.29, 1.82) is 0 Å². The molecule has 4 rings (SSSR count). The molecule has 5 unspecified atom stereocenters. The third-order valence-electron chi connectivity index (χ3n) is 10.1. The van der Waals surface area contributed by atoms with Crippen LogP contribution in [0.3, 0.4) is 0 Å². The zero-order valence-corrected chi connectivity index (χ0v) is 26.9. The zero-order chi connectivity index (χ0) is 19.9. The molecular weight excluding hydrogens is 476 g/mol. The summed E-state index contributed by atoms with van der Waals surface area (Å²) in [6, 6.07) is 0. The molecule has 0 bridgehead atoms. The van der Waals surface area contributed by atoms with Crippen LogP contribution in [0.5, 0.6) is 0 Å². The van der Waals surface area contributed by atoms with Gasteiger partial charge in [-0.15, -0.1) is 0 Å². The summed E-state index contributed by atoms with van der Waals surface area (Å²) in [5, 5.41) is 0. The van der Waals surface area contributed by atoms with Crippen LogP contribution in [0.4, 0.5) is 0 Å². The summed E-state index contributed by atoms with van der Waals surface area (Å²) in [6.45, 7) is 19.3. The van der Waals surface area contributed by atoms with Gasteiger partial charge in [0, 0.05) is 0 Å². The Morgan fingerprint density at radius 3 is 1.36 bits per heavy atom. The summed E-state index contributed by atoms with van der Waals surface area (Å²) in [4.78, 5) is 0. The molecule has 0 radical (unpaired) electrons. The average molecular weight is 542 g/mol. The van der Waals surface area contributed by atoms with Crippen LogP contribution < -0.4 is 0 Å². The fourth-order valence-corrected chi connectivity index (χ4v) is 7.83. The first kappa shape index (κ1) is 41.0. The number of fused-ring (bicyclic) bond motifs is 2. The maximum absolute atomic E-state index is 2.43. The Labute approximate surface area is 233 Å². The quantitative estimate of drug-likeness (QED) is 0.289. The number of rotatable bonds is 1. The van der Waals surface area contributed by atoms with Crippen molar-refractivity contribution in [3.63, 3.8) is 0 Å². The van der Waals surface area contributed by atoms with Gasteiger partial charge < -0.3 is 29.7 Å². The van der Waals surface area contributed by atoms with Crippen LogP contribution in [-0.2, 0) is 26.2 Å². The van der Waals surface area contributed by atoms with Crippen molar-refractivity contribution in [2.24, 2.45) is 64.6 Å². The van der Waals surface area contributed by atoms with E-state index in [1.807, 2.05) is 0 Å². The van der Waals surface area contributed by atoms with E-state index in [-0.39, 0.29) is 63.3 Å². The van der Waals surface area contributed by atoms with Gasteiger partial charge in [0.15, 0.2) is 0 Å². The zero-order valence-electron chi connectivity index (χ0n) is 24.4. The van der Waals surface area contributed by atoms with E-state index in [1.165, 1.54) is 6.42 Å². The number of hydrogen-bond acceptors (Lipinski definition) is 0. The maximum atomic E-state index is 2.43.